The number of amidine groups is 3. The van der Waals surface area contributed by atoms with Gasteiger partial charge in [-0.3, -0.25) is 28.4 Å². The number of hydrogen-bond acceptors (Lipinski definition) is 21. The van der Waals surface area contributed by atoms with E-state index in [9.17, 15) is 53.9 Å². The van der Waals surface area contributed by atoms with Gasteiger partial charge in [0.2, 0.25) is 17.6 Å². The summed E-state index contributed by atoms with van der Waals surface area (Å²) in [6, 6.07) is 15.4. The zero-order valence-electron chi connectivity index (χ0n) is 48.9. The number of halogens is 9. The molecule has 0 radical (unpaired) electrons. The number of fused-ring (bicyclic) bond motifs is 3. The first-order valence-corrected chi connectivity index (χ1v) is 27.5. The van der Waals surface area contributed by atoms with Crippen molar-refractivity contribution in [3.8, 4) is 17.6 Å². The third kappa shape index (κ3) is 13.1. The van der Waals surface area contributed by atoms with Gasteiger partial charge in [0.05, 0.1) is 78.1 Å². The van der Waals surface area contributed by atoms with Crippen molar-refractivity contribution in [1.82, 2.24) is 59.2 Å². The van der Waals surface area contributed by atoms with Gasteiger partial charge in [0.25, 0.3) is 19.3 Å². The molecule has 0 saturated heterocycles. The lowest BCUT2D eigenvalue weighted by molar-refractivity contribution is 0.0361. The number of ether oxygens (including phenoxy) is 3. The van der Waals surface area contributed by atoms with Gasteiger partial charge in [0.15, 0.2) is 34.0 Å². The molecule has 9 heterocycles. The van der Waals surface area contributed by atoms with Gasteiger partial charge in [-0.1, -0.05) is 18.2 Å². The number of methoxy groups -OCH3 is 3. The van der Waals surface area contributed by atoms with Crippen molar-refractivity contribution in [2.75, 3.05) is 21.3 Å². The smallest absolute Gasteiger partial charge is 0.269 e. The van der Waals surface area contributed by atoms with Crippen LogP contribution in [0.15, 0.2) is 144 Å². The summed E-state index contributed by atoms with van der Waals surface area (Å²) >= 11 is 0. The van der Waals surface area contributed by atoms with E-state index in [1.807, 2.05) is 0 Å². The Morgan fingerprint density at radius 3 is 0.925 bits per heavy atom. The SMILES string of the molecule is COc1cnc(C(=O)Cc2ccc(F)c(C3(C(F)F)Cn4nccc4C(N)=N3)c2)cn1.COc1cnc(C(=O)Cc2ccc(F)c(C3(C(F)F)Cn4nccc4C(N)=N3)c2)cn1.COc1cnc(C(=O)Cc2ccc(F)c(C3(C(F)F)Cn4nccc4C(N)=N3)c2)cn1. The quantitative estimate of drug-likeness (QED) is 0.0620. The number of nitrogens with zero attached hydrogens (tertiary/aromatic N) is 15. The average molecular weight is 1290 g/mol. The zero-order chi connectivity index (χ0) is 66.5. The highest BCUT2D eigenvalue weighted by molar-refractivity contribution is 5.99. The molecule has 3 aliphatic rings. The molecule has 9 aromatic rings. The highest BCUT2D eigenvalue weighted by Crippen LogP contribution is 2.42. The Labute approximate surface area is 520 Å². The largest absolute Gasteiger partial charge is 0.480 e. The van der Waals surface area contributed by atoms with E-state index in [1.54, 1.807) is 0 Å². The van der Waals surface area contributed by atoms with Crippen molar-refractivity contribution in [2.24, 2.45) is 32.2 Å². The van der Waals surface area contributed by atoms with Crippen LogP contribution in [0, 0.1) is 17.5 Å². The fourth-order valence-corrected chi connectivity index (χ4v) is 10.3. The highest BCUT2D eigenvalue weighted by Gasteiger charge is 2.50. The van der Waals surface area contributed by atoms with Gasteiger partial charge in [-0.05, 0) is 71.3 Å². The molecule has 3 aliphatic heterocycles. The van der Waals surface area contributed by atoms with E-state index in [1.165, 1.54) is 146 Å². The zero-order valence-corrected chi connectivity index (χ0v) is 48.9. The van der Waals surface area contributed by atoms with Gasteiger partial charge in [0, 0.05) is 54.5 Å². The van der Waals surface area contributed by atoms with Crippen molar-refractivity contribution in [3.63, 3.8) is 0 Å². The Bertz CT molecular complexity index is 3920. The predicted molar refractivity (Wildman–Crippen MR) is 311 cm³/mol. The number of rotatable bonds is 18. The Morgan fingerprint density at radius 2 is 0.699 bits per heavy atom. The molecule has 0 amide bonds. The molecule has 480 valence electrons. The summed E-state index contributed by atoms with van der Waals surface area (Å²) in [5, 5.41) is 12.0. The fraction of sp³-hybridized carbons (Fsp3) is 0.250. The monoisotopic (exact) mass is 1290 g/mol. The molecule has 0 bridgehead atoms. The molecule has 6 aromatic heterocycles. The summed E-state index contributed by atoms with van der Waals surface area (Å²) in [4.78, 5) is 73.2. The number of aliphatic imine (C=N–C) groups is 3. The first-order valence-electron chi connectivity index (χ1n) is 27.5. The maximum Gasteiger partial charge on any atom is 0.269 e. The lowest BCUT2D eigenvalue weighted by atomic mass is 9.87. The molecule has 33 heteroatoms. The predicted octanol–water partition coefficient (Wildman–Crippen LogP) is 6.38. The Balaban J connectivity index is 0.000000153. The van der Waals surface area contributed by atoms with Crippen LogP contribution in [-0.4, -0.2) is 135 Å². The Morgan fingerprint density at radius 1 is 0.430 bits per heavy atom. The lowest BCUT2D eigenvalue weighted by Gasteiger charge is -2.34. The van der Waals surface area contributed by atoms with Crippen molar-refractivity contribution < 1.29 is 68.1 Å². The fourth-order valence-electron chi connectivity index (χ4n) is 10.3. The number of aromatic nitrogens is 12. The van der Waals surface area contributed by atoms with E-state index in [-0.39, 0.29) is 88.2 Å². The number of ketones is 3. The van der Waals surface area contributed by atoms with Crippen LogP contribution in [0.1, 0.15) is 81.9 Å². The molecular formula is C60H51F9N18O6. The highest BCUT2D eigenvalue weighted by atomic mass is 19.3. The summed E-state index contributed by atoms with van der Waals surface area (Å²) in [5.74, 6) is -3.68. The van der Waals surface area contributed by atoms with Crippen LogP contribution in [0.2, 0.25) is 0 Å². The van der Waals surface area contributed by atoms with E-state index in [4.69, 9.17) is 31.4 Å². The van der Waals surface area contributed by atoms with Crippen LogP contribution in [0.4, 0.5) is 39.5 Å². The maximum absolute atomic E-state index is 14.7. The van der Waals surface area contributed by atoms with Gasteiger partial charge in [-0.25, -0.2) is 84.4 Å². The molecule has 0 spiro atoms. The van der Waals surface area contributed by atoms with Gasteiger partial charge >= 0.3 is 0 Å². The van der Waals surface area contributed by atoms with E-state index < -0.39 is 90.3 Å². The van der Waals surface area contributed by atoms with Gasteiger partial charge in [-0.2, -0.15) is 15.3 Å². The number of benzene rings is 3. The molecule has 24 nitrogen and oxygen atoms in total. The molecular weight excluding hydrogens is 1240 g/mol. The molecule has 0 fully saturated rings. The summed E-state index contributed by atoms with van der Waals surface area (Å²) in [5.41, 5.74) is 12.0. The minimum absolute atomic E-state index is 0.0661. The Kier molecular flexibility index (Phi) is 18.5. The number of carbonyl (C=O) groups excluding carboxylic acids is 3. The van der Waals surface area contributed by atoms with Crippen LogP contribution in [0.3, 0.4) is 0 Å². The maximum atomic E-state index is 14.7. The van der Waals surface area contributed by atoms with Gasteiger partial charge in [0.1, 0.15) is 69.1 Å². The second kappa shape index (κ2) is 26.7. The molecule has 6 N–H and O–H groups in total. The standard InChI is InChI=1S/3C20H17F3N6O2/c3*1-31-17-9-25-14(8-26-17)16(30)7-11-2-3-13(21)12(6-11)20(19(22)23)10-29-15(4-5-27-29)18(24)28-20/h3*2-6,8-9,19H,7,10H2,1H3,(H2,24,28). The Hall–Kier alpha value is -11.3. The van der Waals surface area contributed by atoms with Crippen molar-refractivity contribution >= 4 is 34.9 Å². The summed E-state index contributed by atoms with van der Waals surface area (Å²) in [7, 11) is 4.24. The third-order valence-electron chi connectivity index (χ3n) is 15.1. The summed E-state index contributed by atoms with van der Waals surface area (Å²) < 4.78 is 148. The van der Waals surface area contributed by atoms with Crippen molar-refractivity contribution in [1.29, 1.82) is 0 Å². The van der Waals surface area contributed by atoms with E-state index in [0.29, 0.717) is 33.8 Å². The van der Waals surface area contributed by atoms with Crippen molar-refractivity contribution in [3.05, 3.63) is 214 Å². The van der Waals surface area contributed by atoms with E-state index in [2.05, 4.69) is 60.2 Å². The normalized spacial score (nSPS) is 17.9. The minimum Gasteiger partial charge on any atom is -0.480 e. The average Bonchev–Trinajstić information content (AvgIpc) is 1.73. The van der Waals surface area contributed by atoms with Crippen LogP contribution in [0.5, 0.6) is 17.6 Å². The second-order valence-corrected chi connectivity index (χ2v) is 20.9. The molecule has 12 rings (SSSR count). The van der Waals surface area contributed by atoms with Crippen LogP contribution >= 0.6 is 0 Å². The molecule has 3 atom stereocenters. The molecule has 3 unspecified atom stereocenters. The third-order valence-corrected chi connectivity index (χ3v) is 15.1. The van der Waals surface area contributed by atoms with Crippen LogP contribution < -0.4 is 31.4 Å². The lowest BCUT2D eigenvalue weighted by Crippen LogP contribution is -2.45. The molecule has 3 aromatic carbocycles. The summed E-state index contributed by atoms with van der Waals surface area (Å²) in [6.07, 6.45) is 2.01. The topological polar surface area (TPSA) is 325 Å². The van der Waals surface area contributed by atoms with Crippen molar-refractivity contribution in [2.45, 2.75) is 74.8 Å². The van der Waals surface area contributed by atoms with Gasteiger partial charge < -0.3 is 31.4 Å². The number of alkyl halides is 6. The van der Waals surface area contributed by atoms with Gasteiger partial charge in [-0.15, -0.1) is 0 Å². The molecule has 0 saturated carbocycles. The first-order chi connectivity index (χ1) is 44.5. The van der Waals surface area contributed by atoms with Crippen LogP contribution in [-0.2, 0) is 55.5 Å². The number of hydrogen-bond donors (Lipinski definition) is 3. The molecule has 93 heavy (non-hydrogen) atoms. The summed E-state index contributed by atoms with van der Waals surface area (Å²) in [6.45, 7) is -1.19. The van der Waals surface area contributed by atoms with E-state index >= 15 is 0 Å². The second-order valence-electron chi connectivity index (χ2n) is 20.9. The number of carbonyl (C=O) groups is 3. The van der Waals surface area contributed by atoms with E-state index in [0.717, 1.165) is 18.2 Å². The van der Waals surface area contributed by atoms with Crippen LogP contribution in [0.25, 0.3) is 0 Å². The minimum atomic E-state index is -3.07. The number of nitrogens with two attached hydrogens (primary N) is 3. The first kappa shape index (κ1) is 64.7. The number of Topliss-reactive ketones (excluding diaryl/α,β-unsaturated/α-hetero) is 3. The molecule has 0 aliphatic carbocycles.